The fourth-order valence-electron chi connectivity index (χ4n) is 2.20. The van der Waals surface area contributed by atoms with Gasteiger partial charge in [-0.2, -0.15) is 0 Å². The van der Waals surface area contributed by atoms with Crippen molar-refractivity contribution in [1.29, 1.82) is 0 Å². The molecule has 1 atom stereocenters. The van der Waals surface area contributed by atoms with Gasteiger partial charge >= 0.3 is 5.97 Å². The third kappa shape index (κ3) is 5.34. The van der Waals surface area contributed by atoms with Crippen molar-refractivity contribution in [3.05, 3.63) is 42.1 Å². The van der Waals surface area contributed by atoms with Crippen LogP contribution in [0.25, 0.3) is 0 Å². The number of pyridine rings is 1. The number of hydrogen-bond acceptors (Lipinski definition) is 7. The quantitative estimate of drug-likeness (QED) is 0.710. The van der Waals surface area contributed by atoms with Crippen molar-refractivity contribution in [3.63, 3.8) is 0 Å². The normalized spacial score (nSPS) is 11.3. The minimum atomic E-state index is -1.04. The van der Waals surface area contributed by atoms with Crippen LogP contribution >= 0.6 is 0 Å². The summed E-state index contributed by atoms with van der Waals surface area (Å²) in [7, 11) is 3.02. The van der Waals surface area contributed by atoms with Crippen LogP contribution in [0.2, 0.25) is 0 Å². The number of anilines is 1. The zero-order valence-electron chi connectivity index (χ0n) is 15.6. The third-order valence-electron chi connectivity index (χ3n) is 3.54. The van der Waals surface area contributed by atoms with Crippen molar-refractivity contribution in [3.8, 4) is 17.4 Å². The van der Waals surface area contributed by atoms with Gasteiger partial charge in [-0.25, -0.2) is 9.78 Å². The van der Waals surface area contributed by atoms with Gasteiger partial charge in [-0.15, -0.1) is 0 Å². The fraction of sp³-hybridized carbons (Fsp3) is 0.316. The highest BCUT2D eigenvalue weighted by Gasteiger charge is 2.22. The molecular weight excluding hydrogens is 352 g/mol. The molecule has 1 aromatic heterocycles. The number of benzene rings is 1. The summed E-state index contributed by atoms with van der Waals surface area (Å²) in [5, 5.41) is 2.66. The Hall–Kier alpha value is -3.29. The Morgan fingerprint density at radius 2 is 1.81 bits per heavy atom. The molecule has 8 heteroatoms. The SMILES string of the molecule is CCOc1ncccc1C(=O)OC(C)C(=O)Nc1cc(OC)cc(OC)c1. The molecule has 2 rings (SSSR count). The number of amides is 1. The van der Waals surface area contributed by atoms with E-state index in [1.54, 1.807) is 31.2 Å². The van der Waals surface area contributed by atoms with Crippen LogP contribution < -0.4 is 19.5 Å². The molecule has 8 nitrogen and oxygen atoms in total. The zero-order valence-corrected chi connectivity index (χ0v) is 15.6. The van der Waals surface area contributed by atoms with Gasteiger partial charge in [0, 0.05) is 30.1 Å². The number of hydrogen-bond donors (Lipinski definition) is 1. The van der Waals surface area contributed by atoms with E-state index in [1.807, 2.05) is 0 Å². The van der Waals surface area contributed by atoms with Gasteiger partial charge in [-0.3, -0.25) is 4.79 Å². The number of nitrogens with one attached hydrogen (secondary N) is 1. The van der Waals surface area contributed by atoms with Gasteiger partial charge in [0.05, 0.1) is 20.8 Å². The minimum Gasteiger partial charge on any atom is -0.497 e. The second kappa shape index (κ2) is 9.42. The van der Waals surface area contributed by atoms with E-state index in [4.69, 9.17) is 18.9 Å². The largest absolute Gasteiger partial charge is 0.497 e. The second-order valence-corrected chi connectivity index (χ2v) is 5.43. The van der Waals surface area contributed by atoms with Crippen LogP contribution in [0, 0.1) is 0 Å². The van der Waals surface area contributed by atoms with Gasteiger partial charge in [-0.1, -0.05) is 0 Å². The Labute approximate surface area is 157 Å². The summed E-state index contributed by atoms with van der Waals surface area (Å²) in [4.78, 5) is 28.7. The van der Waals surface area contributed by atoms with Crippen LogP contribution in [0.5, 0.6) is 17.4 Å². The molecule has 0 aliphatic carbocycles. The number of ether oxygens (including phenoxy) is 4. The summed E-state index contributed by atoms with van der Waals surface area (Å²) in [5.74, 6) is 0.00472. The maximum Gasteiger partial charge on any atom is 0.344 e. The van der Waals surface area contributed by atoms with E-state index in [-0.39, 0.29) is 11.4 Å². The molecule has 0 spiro atoms. The van der Waals surface area contributed by atoms with E-state index in [2.05, 4.69) is 10.3 Å². The van der Waals surface area contributed by atoms with E-state index in [1.165, 1.54) is 33.4 Å². The van der Waals surface area contributed by atoms with Crippen LogP contribution in [0.4, 0.5) is 5.69 Å². The summed E-state index contributed by atoms with van der Waals surface area (Å²) in [6.45, 7) is 3.61. The Morgan fingerprint density at radius 3 is 2.41 bits per heavy atom. The highest BCUT2D eigenvalue weighted by atomic mass is 16.6. The van der Waals surface area contributed by atoms with Gasteiger partial charge < -0.3 is 24.3 Å². The predicted molar refractivity (Wildman–Crippen MR) is 98.5 cm³/mol. The number of methoxy groups -OCH3 is 2. The van der Waals surface area contributed by atoms with Crippen LogP contribution in [-0.2, 0) is 9.53 Å². The molecule has 144 valence electrons. The van der Waals surface area contributed by atoms with Crippen molar-refractivity contribution in [2.75, 3.05) is 26.1 Å². The molecule has 1 aromatic carbocycles. The first-order chi connectivity index (χ1) is 13.0. The average molecular weight is 374 g/mol. The fourth-order valence-corrected chi connectivity index (χ4v) is 2.20. The molecule has 2 aromatic rings. The monoisotopic (exact) mass is 374 g/mol. The van der Waals surface area contributed by atoms with E-state index in [0.29, 0.717) is 23.8 Å². The van der Waals surface area contributed by atoms with E-state index < -0.39 is 18.0 Å². The zero-order chi connectivity index (χ0) is 19.8. The first-order valence-electron chi connectivity index (χ1n) is 8.31. The lowest BCUT2D eigenvalue weighted by molar-refractivity contribution is -0.123. The van der Waals surface area contributed by atoms with Gasteiger partial charge in [-0.05, 0) is 26.0 Å². The number of carbonyl (C=O) groups excluding carboxylic acids is 2. The van der Waals surface area contributed by atoms with Crippen molar-refractivity contribution in [2.24, 2.45) is 0 Å². The summed E-state index contributed by atoms with van der Waals surface area (Å²) >= 11 is 0. The maximum absolute atomic E-state index is 12.4. The van der Waals surface area contributed by atoms with Gasteiger partial charge in [0.25, 0.3) is 5.91 Å². The van der Waals surface area contributed by atoms with Crippen LogP contribution in [0.15, 0.2) is 36.5 Å². The summed E-state index contributed by atoms with van der Waals surface area (Å²) in [6, 6.07) is 8.05. The number of carbonyl (C=O) groups is 2. The molecule has 0 aliphatic rings. The third-order valence-corrected chi connectivity index (χ3v) is 3.54. The number of aromatic nitrogens is 1. The van der Waals surface area contributed by atoms with Crippen LogP contribution in [0.1, 0.15) is 24.2 Å². The molecule has 0 radical (unpaired) electrons. The Morgan fingerprint density at radius 1 is 1.15 bits per heavy atom. The average Bonchev–Trinajstić information content (AvgIpc) is 2.68. The van der Waals surface area contributed by atoms with Gasteiger partial charge in [0.15, 0.2) is 6.10 Å². The standard InChI is InChI=1S/C19H22N2O6/c1-5-26-18-16(7-6-8-20-18)19(23)27-12(2)17(22)21-13-9-14(24-3)11-15(10-13)25-4/h6-12H,5H2,1-4H3,(H,21,22). The van der Waals surface area contributed by atoms with E-state index in [9.17, 15) is 9.59 Å². The number of nitrogens with zero attached hydrogens (tertiary/aromatic N) is 1. The topological polar surface area (TPSA) is 96.0 Å². The highest BCUT2D eigenvalue weighted by Crippen LogP contribution is 2.26. The van der Waals surface area contributed by atoms with Gasteiger partial charge in [0.1, 0.15) is 17.1 Å². The second-order valence-electron chi connectivity index (χ2n) is 5.43. The van der Waals surface area contributed by atoms with Crippen LogP contribution in [0.3, 0.4) is 0 Å². The summed E-state index contributed by atoms with van der Waals surface area (Å²) in [6.07, 6.45) is 0.470. The predicted octanol–water partition coefficient (Wildman–Crippen LogP) is 2.68. The molecule has 1 N–H and O–H groups in total. The number of esters is 1. The summed E-state index contributed by atoms with van der Waals surface area (Å²) < 4.78 is 20.9. The van der Waals surface area contributed by atoms with E-state index in [0.717, 1.165) is 0 Å². The first-order valence-corrected chi connectivity index (χ1v) is 8.31. The molecule has 27 heavy (non-hydrogen) atoms. The van der Waals surface area contributed by atoms with Crippen molar-refractivity contribution in [1.82, 2.24) is 4.98 Å². The molecule has 1 amide bonds. The molecule has 0 fully saturated rings. The maximum atomic E-state index is 12.4. The molecular formula is C19H22N2O6. The molecule has 0 aliphatic heterocycles. The minimum absolute atomic E-state index is 0.155. The van der Waals surface area contributed by atoms with Crippen molar-refractivity contribution < 1.29 is 28.5 Å². The molecule has 1 heterocycles. The van der Waals surface area contributed by atoms with Gasteiger partial charge in [0.2, 0.25) is 5.88 Å². The molecule has 1 unspecified atom stereocenters. The lowest BCUT2D eigenvalue weighted by atomic mass is 10.2. The summed E-state index contributed by atoms with van der Waals surface area (Å²) in [5.41, 5.74) is 0.609. The lowest BCUT2D eigenvalue weighted by Gasteiger charge is -2.15. The van der Waals surface area contributed by atoms with Crippen molar-refractivity contribution in [2.45, 2.75) is 20.0 Å². The Kier molecular flexibility index (Phi) is 6.99. The Bertz CT molecular complexity index is 786. The molecule has 0 bridgehead atoms. The van der Waals surface area contributed by atoms with Crippen molar-refractivity contribution >= 4 is 17.6 Å². The molecule has 0 saturated heterocycles. The highest BCUT2D eigenvalue weighted by molar-refractivity contribution is 5.98. The lowest BCUT2D eigenvalue weighted by Crippen LogP contribution is -2.30. The first kappa shape index (κ1) is 20.0. The van der Waals surface area contributed by atoms with E-state index >= 15 is 0 Å². The smallest absolute Gasteiger partial charge is 0.344 e. The molecule has 0 saturated carbocycles. The Balaban J connectivity index is 2.07. The number of rotatable bonds is 8. The van der Waals surface area contributed by atoms with Crippen LogP contribution in [-0.4, -0.2) is 43.8 Å².